The minimum atomic E-state index is -0.681. The highest BCUT2D eigenvalue weighted by atomic mass is 16.3. The van der Waals surface area contributed by atoms with Crippen molar-refractivity contribution in [3.63, 3.8) is 0 Å². The van der Waals surface area contributed by atoms with E-state index in [1.54, 1.807) is 19.3 Å². The summed E-state index contributed by atoms with van der Waals surface area (Å²) in [6, 6.07) is 3.84. The lowest BCUT2D eigenvalue weighted by molar-refractivity contribution is -0.124. The van der Waals surface area contributed by atoms with Gasteiger partial charge in [0.05, 0.1) is 5.60 Å². The van der Waals surface area contributed by atoms with Crippen LogP contribution in [0.5, 0.6) is 0 Å². The van der Waals surface area contributed by atoms with Gasteiger partial charge in [0.25, 0.3) is 0 Å². The van der Waals surface area contributed by atoms with Crippen LogP contribution in [0.1, 0.15) is 71.8 Å². The smallest absolute Gasteiger partial charge is 0.220 e. The fourth-order valence-corrected chi connectivity index (χ4v) is 5.82. The Morgan fingerprint density at radius 3 is 2.66 bits per heavy atom. The lowest BCUT2D eigenvalue weighted by Gasteiger charge is -2.50. The van der Waals surface area contributed by atoms with Crippen LogP contribution < -0.4 is 10.6 Å². The van der Waals surface area contributed by atoms with Gasteiger partial charge in [-0.25, -0.2) is 0 Å². The van der Waals surface area contributed by atoms with Gasteiger partial charge in [-0.15, -0.1) is 0 Å². The molecule has 6 nitrogen and oxygen atoms in total. The second-order valence-electron chi connectivity index (χ2n) is 10.1. The summed E-state index contributed by atoms with van der Waals surface area (Å²) < 4.78 is 0. The SMILES string of the molecule is CC(=O)NC1CC(C)(C)C2CC(C)(O)CCC12CCC(=O)NCc1cccnc1. The number of rotatable bonds is 6. The summed E-state index contributed by atoms with van der Waals surface area (Å²) >= 11 is 0. The first-order valence-corrected chi connectivity index (χ1v) is 10.7. The quantitative estimate of drug-likeness (QED) is 0.683. The minimum absolute atomic E-state index is 0.00368. The molecular formula is C23H35N3O3. The van der Waals surface area contributed by atoms with Gasteiger partial charge in [0.1, 0.15) is 0 Å². The van der Waals surface area contributed by atoms with Crippen molar-refractivity contribution >= 4 is 11.8 Å². The summed E-state index contributed by atoms with van der Waals surface area (Å²) in [5.74, 6) is 0.261. The number of nitrogens with one attached hydrogen (secondary N) is 2. The zero-order valence-corrected chi connectivity index (χ0v) is 18.1. The van der Waals surface area contributed by atoms with E-state index in [0.717, 1.165) is 24.8 Å². The number of pyridine rings is 1. The van der Waals surface area contributed by atoms with Crippen molar-refractivity contribution in [1.82, 2.24) is 15.6 Å². The molecule has 29 heavy (non-hydrogen) atoms. The molecule has 2 aliphatic rings. The molecule has 2 saturated carbocycles. The van der Waals surface area contributed by atoms with E-state index in [1.807, 2.05) is 19.1 Å². The standard InChI is InChI=1S/C23H35N3O3/c1-16(27)26-19-13-21(2,3)18-12-22(4,29)9-10-23(18,19)8-7-20(28)25-15-17-6-5-11-24-14-17/h5-6,11,14,18-19,29H,7-10,12-13,15H2,1-4H3,(H,25,28)(H,26,27). The van der Waals surface area contributed by atoms with E-state index in [1.165, 1.54) is 0 Å². The number of carbonyl (C=O) groups is 2. The van der Waals surface area contributed by atoms with Crippen molar-refractivity contribution in [3.05, 3.63) is 30.1 Å². The molecule has 0 aliphatic heterocycles. The monoisotopic (exact) mass is 401 g/mol. The van der Waals surface area contributed by atoms with Crippen LogP contribution in [0.4, 0.5) is 0 Å². The molecule has 4 atom stereocenters. The molecule has 3 N–H and O–H groups in total. The van der Waals surface area contributed by atoms with E-state index < -0.39 is 5.60 Å². The van der Waals surface area contributed by atoms with Gasteiger partial charge in [-0.3, -0.25) is 14.6 Å². The minimum Gasteiger partial charge on any atom is -0.390 e. The second-order valence-corrected chi connectivity index (χ2v) is 10.1. The summed E-state index contributed by atoms with van der Waals surface area (Å²) in [4.78, 5) is 28.6. The van der Waals surface area contributed by atoms with Crippen molar-refractivity contribution in [3.8, 4) is 0 Å². The average molecular weight is 402 g/mol. The highest BCUT2D eigenvalue weighted by Gasteiger charge is 2.61. The molecule has 160 valence electrons. The van der Waals surface area contributed by atoms with Crippen molar-refractivity contribution in [2.45, 2.75) is 84.4 Å². The van der Waals surface area contributed by atoms with Crippen LogP contribution in [0, 0.1) is 16.7 Å². The maximum atomic E-state index is 12.6. The maximum Gasteiger partial charge on any atom is 0.220 e. The Hall–Kier alpha value is -1.95. The zero-order chi connectivity index (χ0) is 21.3. The number of aliphatic hydroxyl groups is 1. The van der Waals surface area contributed by atoms with Gasteiger partial charge in [-0.1, -0.05) is 19.9 Å². The predicted molar refractivity (Wildman–Crippen MR) is 112 cm³/mol. The lowest BCUT2D eigenvalue weighted by atomic mass is 9.57. The molecule has 1 aromatic rings. The molecule has 0 aromatic carbocycles. The molecule has 2 amide bonds. The number of hydrogen-bond acceptors (Lipinski definition) is 4. The Balaban J connectivity index is 1.73. The number of nitrogens with zero attached hydrogens (tertiary/aromatic N) is 1. The summed E-state index contributed by atoms with van der Waals surface area (Å²) in [6.45, 7) is 8.42. The van der Waals surface area contributed by atoms with Crippen LogP contribution >= 0.6 is 0 Å². The van der Waals surface area contributed by atoms with Gasteiger partial charge < -0.3 is 15.7 Å². The number of aromatic nitrogens is 1. The first-order chi connectivity index (χ1) is 13.5. The van der Waals surface area contributed by atoms with Gasteiger partial charge in [0.15, 0.2) is 0 Å². The summed E-state index contributed by atoms with van der Waals surface area (Å²) in [7, 11) is 0. The average Bonchev–Trinajstić information content (AvgIpc) is 2.85. The Morgan fingerprint density at radius 1 is 1.24 bits per heavy atom. The van der Waals surface area contributed by atoms with E-state index in [-0.39, 0.29) is 34.6 Å². The van der Waals surface area contributed by atoms with Crippen LogP contribution in [0.3, 0.4) is 0 Å². The number of carbonyl (C=O) groups excluding carboxylic acids is 2. The van der Waals surface area contributed by atoms with E-state index in [2.05, 4.69) is 29.5 Å². The predicted octanol–water partition coefficient (Wildman–Crippen LogP) is 2.95. The topological polar surface area (TPSA) is 91.3 Å². The molecule has 1 heterocycles. The molecular weight excluding hydrogens is 366 g/mol. The molecule has 0 saturated heterocycles. The number of hydrogen-bond donors (Lipinski definition) is 3. The van der Waals surface area contributed by atoms with Gasteiger partial charge in [-0.05, 0) is 67.4 Å². The number of fused-ring (bicyclic) bond motifs is 1. The fourth-order valence-electron chi connectivity index (χ4n) is 5.82. The molecule has 2 fully saturated rings. The van der Waals surface area contributed by atoms with Gasteiger partial charge in [-0.2, -0.15) is 0 Å². The van der Waals surface area contributed by atoms with Crippen LogP contribution in [0.15, 0.2) is 24.5 Å². The van der Waals surface area contributed by atoms with Crippen LogP contribution in [0.2, 0.25) is 0 Å². The third kappa shape index (κ3) is 4.80. The van der Waals surface area contributed by atoms with Crippen molar-refractivity contribution in [2.24, 2.45) is 16.7 Å². The lowest BCUT2D eigenvalue weighted by Crippen LogP contribution is -2.52. The Bertz CT molecular complexity index is 747. The fraction of sp³-hybridized carbons (Fsp3) is 0.696. The largest absolute Gasteiger partial charge is 0.390 e. The van der Waals surface area contributed by atoms with E-state index in [9.17, 15) is 14.7 Å². The van der Waals surface area contributed by atoms with Crippen LogP contribution in [0.25, 0.3) is 0 Å². The molecule has 0 spiro atoms. The van der Waals surface area contributed by atoms with Crippen LogP contribution in [-0.4, -0.2) is 33.5 Å². The van der Waals surface area contributed by atoms with E-state index >= 15 is 0 Å². The second kappa shape index (κ2) is 8.05. The van der Waals surface area contributed by atoms with Gasteiger partial charge >= 0.3 is 0 Å². The molecule has 2 aliphatic carbocycles. The first-order valence-electron chi connectivity index (χ1n) is 10.7. The molecule has 0 bridgehead atoms. The molecule has 4 unspecified atom stereocenters. The Kier molecular flexibility index (Phi) is 6.04. The third-order valence-electron chi connectivity index (χ3n) is 7.24. The molecule has 3 rings (SSSR count). The van der Waals surface area contributed by atoms with Gasteiger partial charge in [0.2, 0.25) is 11.8 Å². The van der Waals surface area contributed by atoms with E-state index in [4.69, 9.17) is 0 Å². The van der Waals surface area contributed by atoms with Crippen molar-refractivity contribution in [1.29, 1.82) is 0 Å². The van der Waals surface area contributed by atoms with Gasteiger partial charge in [0, 0.05) is 38.3 Å². The summed E-state index contributed by atoms with van der Waals surface area (Å²) in [5, 5.41) is 16.9. The molecule has 0 radical (unpaired) electrons. The maximum absolute atomic E-state index is 12.6. The van der Waals surface area contributed by atoms with Crippen LogP contribution in [-0.2, 0) is 16.1 Å². The molecule has 1 aromatic heterocycles. The third-order valence-corrected chi connectivity index (χ3v) is 7.24. The first kappa shape index (κ1) is 21.8. The van der Waals surface area contributed by atoms with E-state index in [0.29, 0.717) is 25.8 Å². The highest BCUT2D eigenvalue weighted by molar-refractivity contribution is 5.76. The normalized spacial score (nSPS) is 33.0. The Morgan fingerprint density at radius 2 is 2.00 bits per heavy atom. The summed E-state index contributed by atoms with van der Waals surface area (Å²) in [6.07, 6.45) is 7.74. The summed E-state index contributed by atoms with van der Waals surface area (Å²) in [5.41, 5.74) is 0.148. The zero-order valence-electron chi connectivity index (χ0n) is 18.1. The highest BCUT2D eigenvalue weighted by Crippen LogP contribution is 2.63. The number of amides is 2. The van der Waals surface area contributed by atoms with Crippen molar-refractivity contribution < 1.29 is 14.7 Å². The van der Waals surface area contributed by atoms with Crippen molar-refractivity contribution in [2.75, 3.05) is 0 Å². The molecule has 6 heteroatoms. The Labute approximate surface area is 173 Å².